The highest BCUT2D eigenvalue weighted by atomic mass is 19.1. The Kier molecular flexibility index (Phi) is 5.81. The van der Waals surface area contributed by atoms with Crippen molar-refractivity contribution in [3.63, 3.8) is 0 Å². The summed E-state index contributed by atoms with van der Waals surface area (Å²) in [7, 11) is 0. The van der Waals surface area contributed by atoms with Gasteiger partial charge >= 0.3 is 0 Å². The number of halogens is 1. The van der Waals surface area contributed by atoms with E-state index in [2.05, 4.69) is 15.6 Å². The molecule has 0 aliphatic rings. The molecule has 0 aliphatic heterocycles. The second-order valence-electron chi connectivity index (χ2n) is 6.51. The van der Waals surface area contributed by atoms with Gasteiger partial charge in [-0.05, 0) is 67.3 Å². The fourth-order valence-corrected chi connectivity index (χ4v) is 2.68. The zero-order valence-electron chi connectivity index (χ0n) is 15.4. The van der Waals surface area contributed by atoms with Crippen molar-refractivity contribution in [2.24, 2.45) is 0 Å². The fraction of sp³-hybridized carbons (Fsp3) is 0.182. The van der Waals surface area contributed by atoms with Gasteiger partial charge in [-0.15, -0.1) is 0 Å². The van der Waals surface area contributed by atoms with E-state index < -0.39 is 0 Å². The number of hydrogen-bond acceptors (Lipinski definition) is 3. The van der Waals surface area contributed by atoms with Crippen LogP contribution < -0.4 is 10.6 Å². The molecule has 0 radical (unpaired) electrons. The van der Waals surface area contributed by atoms with Crippen molar-refractivity contribution >= 4 is 17.4 Å². The van der Waals surface area contributed by atoms with Gasteiger partial charge in [0, 0.05) is 18.4 Å². The highest BCUT2D eigenvalue weighted by Crippen LogP contribution is 2.17. The smallest absolute Gasteiger partial charge is 0.257 e. The first-order chi connectivity index (χ1) is 13.0. The largest absolute Gasteiger partial charge is 0.370 e. The summed E-state index contributed by atoms with van der Waals surface area (Å²) in [6.07, 6.45) is 2.32. The van der Waals surface area contributed by atoms with Crippen LogP contribution in [0.15, 0.2) is 60.8 Å². The Morgan fingerprint density at radius 1 is 1.04 bits per heavy atom. The predicted octanol–water partition coefficient (Wildman–Crippen LogP) is 4.74. The first kappa shape index (κ1) is 18.6. The molecular weight excluding hydrogens is 341 g/mol. The van der Waals surface area contributed by atoms with Crippen molar-refractivity contribution in [3.05, 3.63) is 88.9 Å². The number of aryl methyl sites for hydroxylation is 2. The summed E-state index contributed by atoms with van der Waals surface area (Å²) in [6, 6.07) is 15.9. The topological polar surface area (TPSA) is 54.0 Å². The molecule has 1 amide bonds. The molecule has 0 fully saturated rings. The third-order valence-electron chi connectivity index (χ3n) is 4.30. The summed E-state index contributed by atoms with van der Waals surface area (Å²) in [6.45, 7) is 4.62. The number of amides is 1. The van der Waals surface area contributed by atoms with Gasteiger partial charge in [-0.1, -0.05) is 24.3 Å². The van der Waals surface area contributed by atoms with Gasteiger partial charge in [0.25, 0.3) is 5.91 Å². The van der Waals surface area contributed by atoms with Gasteiger partial charge in [0.2, 0.25) is 0 Å². The number of aromatic nitrogens is 1. The maximum Gasteiger partial charge on any atom is 0.257 e. The van der Waals surface area contributed by atoms with Gasteiger partial charge in [0.1, 0.15) is 11.6 Å². The van der Waals surface area contributed by atoms with Crippen LogP contribution in [-0.2, 0) is 6.42 Å². The monoisotopic (exact) mass is 363 g/mol. The van der Waals surface area contributed by atoms with Crippen molar-refractivity contribution in [1.29, 1.82) is 0 Å². The number of carbonyl (C=O) groups is 1. The van der Waals surface area contributed by atoms with Crippen LogP contribution in [0.1, 0.15) is 27.0 Å². The van der Waals surface area contributed by atoms with E-state index in [1.54, 1.807) is 30.5 Å². The first-order valence-corrected chi connectivity index (χ1v) is 8.84. The van der Waals surface area contributed by atoms with Crippen molar-refractivity contribution < 1.29 is 9.18 Å². The molecule has 27 heavy (non-hydrogen) atoms. The molecule has 138 valence electrons. The summed E-state index contributed by atoms with van der Waals surface area (Å²) >= 11 is 0. The van der Waals surface area contributed by atoms with Crippen molar-refractivity contribution in [2.75, 3.05) is 17.2 Å². The minimum Gasteiger partial charge on any atom is -0.370 e. The lowest BCUT2D eigenvalue weighted by molar-refractivity contribution is 0.102. The van der Waals surface area contributed by atoms with Crippen LogP contribution in [0.2, 0.25) is 0 Å². The molecule has 1 heterocycles. The highest BCUT2D eigenvalue weighted by Gasteiger charge is 2.08. The molecule has 0 aliphatic carbocycles. The van der Waals surface area contributed by atoms with Crippen LogP contribution in [0, 0.1) is 19.7 Å². The van der Waals surface area contributed by atoms with E-state index in [1.165, 1.54) is 12.1 Å². The average molecular weight is 363 g/mol. The maximum atomic E-state index is 12.9. The van der Waals surface area contributed by atoms with Crippen molar-refractivity contribution in [1.82, 2.24) is 4.98 Å². The normalized spacial score (nSPS) is 10.5. The molecule has 1 aromatic heterocycles. The van der Waals surface area contributed by atoms with Crippen LogP contribution in [0.5, 0.6) is 0 Å². The summed E-state index contributed by atoms with van der Waals surface area (Å²) in [4.78, 5) is 16.7. The maximum absolute atomic E-state index is 12.9. The van der Waals surface area contributed by atoms with E-state index in [0.717, 1.165) is 28.8 Å². The average Bonchev–Trinajstić information content (AvgIpc) is 2.67. The lowest BCUT2D eigenvalue weighted by atomic mass is 10.1. The SMILES string of the molecule is Cc1ccc(C)c(NC(=O)c2ccc(NCCc3ccc(F)cc3)nc2)c1. The van der Waals surface area contributed by atoms with Crippen molar-refractivity contribution in [2.45, 2.75) is 20.3 Å². The molecule has 0 saturated carbocycles. The number of nitrogens with zero attached hydrogens (tertiary/aromatic N) is 1. The minimum absolute atomic E-state index is 0.186. The Balaban J connectivity index is 1.55. The summed E-state index contributed by atoms with van der Waals surface area (Å²) in [5.74, 6) is 0.276. The molecule has 0 saturated heterocycles. The van der Waals surface area contributed by atoms with Gasteiger partial charge in [-0.3, -0.25) is 4.79 Å². The third-order valence-corrected chi connectivity index (χ3v) is 4.30. The molecule has 0 atom stereocenters. The Bertz CT molecular complexity index is 921. The molecule has 3 rings (SSSR count). The standard InChI is InChI=1S/C22H22FN3O/c1-15-3-4-16(2)20(13-15)26-22(27)18-7-10-21(25-14-18)24-12-11-17-5-8-19(23)9-6-17/h3-10,13-14H,11-12H2,1-2H3,(H,24,25)(H,26,27). The van der Waals surface area contributed by atoms with E-state index in [0.29, 0.717) is 17.9 Å². The molecule has 2 N–H and O–H groups in total. The zero-order chi connectivity index (χ0) is 19.2. The van der Waals surface area contributed by atoms with Crippen molar-refractivity contribution in [3.8, 4) is 0 Å². The quantitative estimate of drug-likeness (QED) is 0.665. The number of nitrogens with one attached hydrogen (secondary N) is 2. The number of carbonyl (C=O) groups excluding carboxylic acids is 1. The minimum atomic E-state index is -0.233. The number of anilines is 2. The summed E-state index contributed by atoms with van der Waals surface area (Å²) in [5.41, 5.74) is 4.46. The van der Waals surface area contributed by atoms with Crippen LogP contribution in [0.4, 0.5) is 15.9 Å². The molecule has 5 heteroatoms. The van der Waals surface area contributed by atoms with E-state index in [9.17, 15) is 9.18 Å². The van der Waals surface area contributed by atoms with Crippen LogP contribution in [0.25, 0.3) is 0 Å². The van der Waals surface area contributed by atoms with E-state index in [4.69, 9.17) is 0 Å². The molecule has 4 nitrogen and oxygen atoms in total. The Morgan fingerprint density at radius 2 is 1.81 bits per heavy atom. The fourth-order valence-electron chi connectivity index (χ4n) is 2.68. The molecule has 3 aromatic rings. The van der Waals surface area contributed by atoms with Crippen LogP contribution in [0.3, 0.4) is 0 Å². The molecular formula is C22H22FN3O. The van der Waals surface area contributed by atoms with Crippen LogP contribution in [-0.4, -0.2) is 17.4 Å². The predicted molar refractivity (Wildman–Crippen MR) is 107 cm³/mol. The third kappa shape index (κ3) is 5.14. The van der Waals surface area contributed by atoms with E-state index in [-0.39, 0.29) is 11.7 Å². The zero-order valence-corrected chi connectivity index (χ0v) is 15.4. The molecule has 0 spiro atoms. The first-order valence-electron chi connectivity index (χ1n) is 8.84. The second kappa shape index (κ2) is 8.45. The Morgan fingerprint density at radius 3 is 2.52 bits per heavy atom. The number of hydrogen-bond donors (Lipinski definition) is 2. The van der Waals surface area contributed by atoms with Gasteiger partial charge in [0.05, 0.1) is 5.56 Å². The van der Waals surface area contributed by atoms with Gasteiger partial charge in [-0.2, -0.15) is 0 Å². The second-order valence-corrected chi connectivity index (χ2v) is 6.51. The molecule has 0 bridgehead atoms. The molecule has 2 aromatic carbocycles. The molecule has 0 unspecified atom stereocenters. The summed E-state index contributed by atoms with van der Waals surface area (Å²) in [5, 5.41) is 6.13. The van der Waals surface area contributed by atoms with Gasteiger partial charge in [-0.25, -0.2) is 9.37 Å². The highest BCUT2D eigenvalue weighted by molar-refractivity contribution is 6.04. The number of rotatable bonds is 6. The van der Waals surface area contributed by atoms with E-state index in [1.807, 2.05) is 32.0 Å². The Labute approximate surface area is 158 Å². The lowest BCUT2D eigenvalue weighted by Gasteiger charge is -2.10. The number of pyridine rings is 1. The van der Waals surface area contributed by atoms with E-state index >= 15 is 0 Å². The Hall–Kier alpha value is -3.21. The van der Waals surface area contributed by atoms with Gasteiger partial charge < -0.3 is 10.6 Å². The number of benzene rings is 2. The van der Waals surface area contributed by atoms with Crippen LogP contribution >= 0.6 is 0 Å². The lowest BCUT2D eigenvalue weighted by Crippen LogP contribution is -2.14. The summed E-state index contributed by atoms with van der Waals surface area (Å²) < 4.78 is 12.9. The van der Waals surface area contributed by atoms with Gasteiger partial charge in [0.15, 0.2) is 0 Å².